The van der Waals surface area contributed by atoms with E-state index in [9.17, 15) is 4.79 Å². The van der Waals surface area contributed by atoms with E-state index in [2.05, 4.69) is 31.6 Å². The Morgan fingerprint density at radius 2 is 2.21 bits per heavy atom. The number of hydrogen-bond donors (Lipinski definition) is 2. The molecule has 82 valence electrons. The molecule has 4 nitrogen and oxygen atoms in total. The molecule has 0 saturated carbocycles. The van der Waals surface area contributed by atoms with E-state index in [1.54, 1.807) is 0 Å². The molecule has 0 bridgehead atoms. The summed E-state index contributed by atoms with van der Waals surface area (Å²) in [6, 6.07) is 0.118. The van der Waals surface area contributed by atoms with Gasteiger partial charge < -0.3 is 5.32 Å². The van der Waals surface area contributed by atoms with Crippen molar-refractivity contribution in [2.45, 2.75) is 33.7 Å². The SMILES string of the molecule is CC(C(=O)N[C@H]1CNOC1)C(C)(C)C. The van der Waals surface area contributed by atoms with Crippen molar-refractivity contribution in [3.63, 3.8) is 0 Å². The fourth-order valence-corrected chi connectivity index (χ4v) is 1.19. The summed E-state index contributed by atoms with van der Waals surface area (Å²) in [5.41, 5.74) is 2.75. The third-order valence-corrected chi connectivity index (χ3v) is 2.76. The summed E-state index contributed by atoms with van der Waals surface area (Å²) in [5.74, 6) is 0.123. The van der Waals surface area contributed by atoms with E-state index in [0.717, 1.165) is 0 Å². The lowest BCUT2D eigenvalue weighted by molar-refractivity contribution is -0.128. The Hall–Kier alpha value is -0.610. The van der Waals surface area contributed by atoms with Gasteiger partial charge in [-0.05, 0) is 5.41 Å². The van der Waals surface area contributed by atoms with Crippen molar-refractivity contribution in [2.75, 3.05) is 13.2 Å². The minimum absolute atomic E-state index is 0.0109. The Morgan fingerprint density at radius 1 is 1.57 bits per heavy atom. The van der Waals surface area contributed by atoms with E-state index in [-0.39, 0.29) is 23.3 Å². The number of rotatable bonds is 2. The van der Waals surface area contributed by atoms with Gasteiger partial charge in [0.2, 0.25) is 5.91 Å². The molecule has 14 heavy (non-hydrogen) atoms. The first-order chi connectivity index (χ1) is 6.41. The summed E-state index contributed by atoms with van der Waals surface area (Å²) < 4.78 is 0. The zero-order chi connectivity index (χ0) is 10.8. The second-order valence-corrected chi connectivity index (χ2v) is 4.95. The van der Waals surface area contributed by atoms with Crippen LogP contribution in [0.25, 0.3) is 0 Å². The quantitative estimate of drug-likeness (QED) is 0.689. The van der Waals surface area contributed by atoms with Crippen LogP contribution in [0.3, 0.4) is 0 Å². The van der Waals surface area contributed by atoms with Crippen LogP contribution in [0.5, 0.6) is 0 Å². The second-order valence-electron chi connectivity index (χ2n) is 4.95. The van der Waals surface area contributed by atoms with Crippen LogP contribution in [0, 0.1) is 11.3 Å². The highest BCUT2D eigenvalue weighted by Crippen LogP contribution is 2.25. The van der Waals surface area contributed by atoms with Gasteiger partial charge in [-0.3, -0.25) is 9.63 Å². The van der Waals surface area contributed by atoms with Crippen LogP contribution in [0.1, 0.15) is 27.7 Å². The molecule has 4 heteroatoms. The van der Waals surface area contributed by atoms with E-state index in [0.29, 0.717) is 13.2 Å². The highest BCUT2D eigenvalue weighted by atomic mass is 16.7. The number of carbonyl (C=O) groups excluding carboxylic acids is 1. The summed E-state index contributed by atoms with van der Waals surface area (Å²) >= 11 is 0. The van der Waals surface area contributed by atoms with Crippen LogP contribution in [0.15, 0.2) is 0 Å². The Morgan fingerprint density at radius 3 is 2.64 bits per heavy atom. The average molecular weight is 200 g/mol. The smallest absolute Gasteiger partial charge is 0.223 e. The monoisotopic (exact) mass is 200 g/mol. The van der Waals surface area contributed by atoms with Crippen molar-refractivity contribution < 1.29 is 9.63 Å². The summed E-state index contributed by atoms with van der Waals surface area (Å²) in [4.78, 5) is 16.7. The minimum atomic E-state index is 0.0109. The van der Waals surface area contributed by atoms with Gasteiger partial charge in [0, 0.05) is 12.5 Å². The molecule has 1 saturated heterocycles. The molecule has 0 aromatic rings. The summed E-state index contributed by atoms with van der Waals surface area (Å²) in [5, 5.41) is 2.96. The van der Waals surface area contributed by atoms with E-state index < -0.39 is 0 Å². The van der Waals surface area contributed by atoms with Gasteiger partial charge in [0.1, 0.15) is 0 Å². The van der Waals surface area contributed by atoms with Gasteiger partial charge >= 0.3 is 0 Å². The van der Waals surface area contributed by atoms with Crippen molar-refractivity contribution in [2.24, 2.45) is 11.3 Å². The first-order valence-corrected chi connectivity index (χ1v) is 5.06. The molecule has 0 aromatic carbocycles. The number of hydroxylamine groups is 1. The third kappa shape index (κ3) is 2.96. The van der Waals surface area contributed by atoms with E-state index in [1.165, 1.54) is 0 Å². The highest BCUT2D eigenvalue weighted by Gasteiger charge is 2.28. The second kappa shape index (κ2) is 4.28. The molecule has 0 aromatic heterocycles. The van der Waals surface area contributed by atoms with E-state index in [4.69, 9.17) is 4.84 Å². The number of nitrogens with one attached hydrogen (secondary N) is 2. The molecule has 1 heterocycles. The van der Waals surface area contributed by atoms with Gasteiger partial charge in [-0.2, -0.15) is 0 Å². The molecule has 0 aliphatic carbocycles. The Kier molecular flexibility index (Phi) is 3.50. The Labute approximate surface area is 85.3 Å². The van der Waals surface area contributed by atoms with Gasteiger partial charge in [0.15, 0.2) is 0 Å². The first-order valence-electron chi connectivity index (χ1n) is 5.06. The number of carbonyl (C=O) groups is 1. The molecule has 0 spiro atoms. The predicted octanol–water partition coefficient (Wildman–Crippen LogP) is 0.688. The van der Waals surface area contributed by atoms with Crippen molar-refractivity contribution >= 4 is 5.91 Å². The molecule has 2 atom stereocenters. The average Bonchev–Trinajstić information content (AvgIpc) is 2.53. The van der Waals surface area contributed by atoms with Crippen molar-refractivity contribution in [3.8, 4) is 0 Å². The lowest BCUT2D eigenvalue weighted by atomic mass is 9.81. The van der Waals surface area contributed by atoms with Crippen molar-refractivity contribution in [1.82, 2.24) is 10.8 Å². The Bertz CT molecular complexity index is 205. The van der Waals surface area contributed by atoms with Crippen molar-refractivity contribution in [3.05, 3.63) is 0 Å². The molecule has 1 rings (SSSR count). The molecule has 1 unspecified atom stereocenters. The molecule has 1 amide bonds. The first kappa shape index (κ1) is 11.5. The van der Waals surface area contributed by atoms with Gasteiger partial charge in [-0.15, -0.1) is 0 Å². The van der Waals surface area contributed by atoms with Crippen LogP contribution < -0.4 is 10.8 Å². The van der Waals surface area contributed by atoms with Crippen LogP contribution >= 0.6 is 0 Å². The van der Waals surface area contributed by atoms with Gasteiger partial charge in [0.25, 0.3) is 0 Å². The minimum Gasteiger partial charge on any atom is -0.349 e. The van der Waals surface area contributed by atoms with Crippen LogP contribution in [0.4, 0.5) is 0 Å². The molecule has 1 fully saturated rings. The fourth-order valence-electron chi connectivity index (χ4n) is 1.19. The molecular weight excluding hydrogens is 180 g/mol. The standard InChI is InChI=1S/C10H20N2O2/c1-7(10(2,3)4)9(13)12-8-5-11-14-6-8/h7-8,11H,5-6H2,1-4H3,(H,12,13)/t7?,8-/m0/s1. The maximum Gasteiger partial charge on any atom is 0.223 e. The fraction of sp³-hybridized carbons (Fsp3) is 0.900. The van der Waals surface area contributed by atoms with Crippen LogP contribution in [-0.2, 0) is 9.63 Å². The molecule has 1 aliphatic heterocycles. The summed E-state index contributed by atoms with van der Waals surface area (Å²) in [6.07, 6.45) is 0. The largest absolute Gasteiger partial charge is 0.349 e. The number of amides is 1. The normalized spacial score (nSPS) is 24.7. The predicted molar refractivity (Wildman–Crippen MR) is 54.5 cm³/mol. The van der Waals surface area contributed by atoms with Gasteiger partial charge in [-0.1, -0.05) is 27.7 Å². The molecular formula is C10H20N2O2. The Balaban J connectivity index is 2.41. The summed E-state index contributed by atoms with van der Waals surface area (Å²) in [6.45, 7) is 9.42. The third-order valence-electron chi connectivity index (χ3n) is 2.76. The molecule has 0 radical (unpaired) electrons. The summed E-state index contributed by atoms with van der Waals surface area (Å²) in [7, 11) is 0. The maximum absolute atomic E-state index is 11.8. The van der Waals surface area contributed by atoms with Crippen molar-refractivity contribution in [1.29, 1.82) is 0 Å². The van der Waals surface area contributed by atoms with E-state index in [1.807, 2.05) is 6.92 Å². The molecule has 1 aliphatic rings. The van der Waals surface area contributed by atoms with Gasteiger partial charge in [0.05, 0.1) is 12.6 Å². The molecule has 2 N–H and O–H groups in total. The zero-order valence-corrected chi connectivity index (χ0v) is 9.39. The highest BCUT2D eigenvalue weighted by molar-refractivity contribution is 5.79. The number of hydrogen-bond acceptors (Lipinski definition) is 3. The van der Waals surface area contributed by atoms with Crippen LogP contribution in [0.2, 0.25) is 0 Å². The van der Waals surface area contributed by atoms with Gasteiger partial charge in [-0.25, -0.2) is 5.48 Å². The van der Waals surface area contributed by atoms with E-state index >= 15 is 0 Å². The zero-order valence-electron chi connectivity index (χ0n) is 9.39. The topological polar surface area (TPSA) is 50.4 Å². The van der Waals surface area contributed by atoms with Crippen LogP contribution in [-0.4, -0.2) is 25.1 Å². The maximum atomic E-state index is 11.8. The lowest BCUT2D eigenvalue weighted by Crippen LogP contribution is -2.43. The lowest BCUT2D eigenvalue weighted by Gasteiger charge is -2.27.